The first-order valence-corrected chi connectivity index (χ1v) is 41.1. The Kier molecular flexibility index (Phi) is 31.3. The summed E-state index contributed by atoms with van der Waals surface area (Å²) in [7, 11) is 0. The number of carbonyl (C=O) groups excluding carboxylic acids is 2. The smallest absolute Gasteiger partial charge is 0.168 e. The van der Waals surface area contributed by atoms with Gasteiger partial charge in [0.2, 0.25) is 0 Å². The van der Waals surface area contributed by atoms with Gasteiger partial charge in [-0.15, -0.1) is 68.0 Å². The van der Waals surface area contributed by atoms with Gasteiger partial charge in [0, 0.05) is 80.8 Å². The topological polar surface area (TPSA) is 34.1 Å². The fraction of sp³-hybridized carbons (Fsp3) is 0.692. The van der Waals surface area contributed by atoms with Crippen LogP contribution in [0.3, 0.4) is 0 Å². The normalized spacial score (nSPS) is 17.9. The summed E-state index contributed by atoms with van der Waals surface area (Å²) < 4.78 is 5.25. The summed E-state index contributed by atoms with van der Waals surface area (Å²) in [4.78, 5) is 43.2. The van der Waals surface area contributed by atoms with Gasteiger partial charge in [-0.3, -0.25) is 9.59 Å². The van der Waals surface area contributed by atoms with Crippen LogP contribution in [0.25, 0.3) is 38.3 Å². The molecule has 86 heavy (non-hydrogen) atoms. The van der Waals surface area contributed by atoms with Gasteiger partial charge >= 0.3 is 0 Å². The lowest BCUT2D eigenvalue weighted by Gasteiger charge is -2.30. The van der Waals surface area contributed by atoms with Crippen LogP contribution >= 0.6 is 68.0 Å². The van der Waals surface area contributed by atoms with E-state index < -0.39 is 0 Å². The summed E-state index contributed by atoms with van der Waals surface area (Å²) in [6.07, 6.45) is 55.3. The number of fused-ring (bicyclic) bond motifs is 2. The van der Waals surface area contributed by atoms with E-state index in [0.717, 1.165) is 24.0 Å². The summed E-state index contributed by atoms with van der Waals surface area (Å²) >= 11 is 11.3. The van der Waals surface area contributed by atoms with Gasteiger partial charge in [0.15, 0.2) is 11.6 Å². The third kappa shape index (κ3) is 20.9. The van der Waals surface area contributed by atoms with Gasteiger partial charge < -0.3 is 0 Å². The molecule has 2 aliphatic carbocycles. The lowest BCUT2D eigenvalue weighted by atomic mass is 9.74. The van der Waals surface area contributed by atoms with Crippen LogP contribution in [0.5, 0.6) is 0 Å². The third-order valence-corrected chi connectivity index (χ3v) is 27.1. The summed E-state index contributed by atoms with van der Waals surface area (Å²) in [6.45, 7) is 13.7. The van der Waals surface area contributed by atoms with Crippen molar-refractivity contribution in [2.75, 3.05) is 0 Å². The van der Waals surface area contributed by atoms with Crippen molar-refractivity contribution in [2.24, 2.45) is 23.7 Å². The number of allylic oxidation sites excluding steroid dienone is 2. The standard InChI is InChI=1S/C78H116O2S6/c1-7-11-15-19-23-27-29-33-37-41-45-59(43-39-35-31-25-21-17-13-9-3)52-61-73(71-55-68-66(85-71)51-58(6)82-68)77(79)76-62(53-60(44-40-36-32-26-22-18-14-10-4)46-42-38-34-30-28-24-20-16-12-8-2)74(78(80)75(61)76)72-56-70-69(86-72)54-67(84-70)65-50-49-64(83-65)63-48-47-57(5)81-63/h47-51,54-56,59-62,73-74H,7-46,52-53H2,1-6H3. The highest BCUT2D eigenvalue weighted by molar-refractivity contribution is 7.32. The molecule has 6 unspecified atom stereocenters. The fourth-order valence-corrected chi connectivity index (χ4v) is 22.2. The van der Waals surface area contributed by atoms with E-state index in [4.69, 9.17) is 0 Å². The molecular formula is C78H116O2S6. The molecule has 8 heteroatoms. The largest absolute Gasteiger partial charge is 0.294 e. The Morgan fingerprint density at radius 1 is 0.314 bits per heavy atom. The first-order valence-electron chi connectivity index (χ1n) is 36.2. The van der Waals surface area contributed by atoms with Gasteiger partial charge in [-0.25, -0.2) is 0 Å². The summed E-state index contributed by atoms with van der Waals surface area (Å²) in [5.41, 5.74) is 2.01. The second-order valence-corrected chi connectivity index (χ2v) is 34.2. The second kappa shape index (κ2) is 38.6. The maximum Gasteiger partial charge on any atom is 0.168 e. The van der Waals surface area contributed by atoms with Gasteiger partial charge in [0.25, 0.3) is 0 Å². The zero-order valence-electron chi connectivity index (χ0n) is 55.0. The number of hydrogen-bond acceptors (Lipinski definition) is 8. The highest BCUT2D eigenvalue weighted by atomic mass is 32.1. The van der Waals surface area contributed by atoms with Crippen LogP contribution in [-0.2, 0) is 9.59 Å². The Bertz CT molecular complexity index is 2830. The number of carbonyl (C=O) groups is 2. The molecule has 0 bridgehead atoms. The fourth-order valence-electron chi connectivity index (χ4n) is 15.1. The molecule has 6 aromatic heterocycles. The molecule has 0 fully saturated rings. The minimum Gasteiger partial charge on any atom is -0.294 e. The minimum absolute atomic E-state index is 0.0329. The molecule has 2 aliphatic rings. The van der Waals surface area contributed by atoms with Crippen molar-refractivity contribution < 1.29 is 9.59 Å². The first kappa shape index (κ1) is 69.7. The lowest BCUT2D eigenvalue weighted by Crippen LogP contribution is -2.28. The summed E-state index contributed by atoms with van der Waals surface area (Å²) in [5.74, 6) is 1.15. The number of Topliss-reactive ketones (excluding diaryl/α,β-unsaturated/α-hetero) is 2. The molecule has 0 amide bonds. The number of thiophene rings is 6. The zero-order valence-corrected chi connectivity index (χ0v) is 59.9. The molecule has 0 N–H and O–H groups in total. The quantitative estimate of drug-likeness (QED) is 0.0357. The van der Waals surface area contributed by atoms with E-state index in [-0.39, 0.29) is 23.7 Å². The second-order valence-electron chi connectivity index (χ2n) is 27.2. The van der Waals surface area contributed by atoms with Crippen LogP contribution < -0.4 is 0 Å². The van der Waals surface area contributed by atoms with Crippen LogP contribution in [0.4, 0.5) is 0 Å². The number of hydrogen-bond donors (Lipinski definition) is 0. The maximum absolute atomic E-state index is 16.4. The average molecular weight is 1280 g/mol. The number of rotatable bonds is 48. The van der Waals surface area contributed by atoms with Crippen LogP contribution in [0, 0.1) is 37.5 Å². The van der Waals surface area contributed by atoms with Crippen molar-refractivity contribution in [2.45, 2.75) is 323 Å². The van der Waals surface area contributed by atoms with E-state index in [1.807, 2.05) is 68.0 Å². The molecule has 0 spiro atoms. The van der Waals surface area contributed by atoms with E-state index in [0.29, 0.717) is 23.4 Å². The van der Waals surface area contributed by atoms with Crippen LogP contribution in [-0.4, -0.2) is 11.6 Å². The summed E-state index contributed by atoms with van der Waals surface area (Å²) in [6, 6.07) is 18.7. The highest BCUT2D eigenvalue weighted by Crippen LogP contribution is 2.60. The molecule has 0 aliphatic heterocycles. The van der Waals surface area contributed by atoms with Gasteiger partial charge in [0.05, 0.1) is 11.8 Å². The molecule has 8 rings (SSSR count). The van der Waals surface area contributed by atoms with Crippen molar-refractivity contribution in [1.82, 2.24) is 0 Å². The molecule has 476 valence electrons. The monoisotopic (exact) mass is 1280 g/mol. The van der Waals surface area contributed by atoms with Crippen molar-refractivity contribution in [3.05, 3.63) is 79.2 Å². The molecule has 0 radical (unpaired) electrons. The Hall–Kier alpha value is -2.20. The van der Waals surface area contributed by atoms with E-state index >= 15 is 9.59 Å². The Labute approximate surface area is 549 Å². The molecular weight excluding hydrogens is 1160 g/mol. The van der Waals surface area contributed by atoms with Crippen molar-refractivity contribution in [3.8, 4) is 19.5 Å². The molecule has 6 atom stereocenters. The molecule has 6 heterocycles. The molecule has 6 aromatic rings. The predicted molar refractivity (Wildman–Crippen MR) is 389 cm³/mol. The Balaban J connectivity index is 1.09. The van der Waals surface area contributed by atoms with Crippen LogP contribution in [0.2, 0.25) is 0 Å². The SMILES string of the molecule is CCCCCCCCCCCCC(CCCCCCCCCC)CC1C2=C(C(=O)C1c1cc3sc(C)cc3s1)C(CC(CCCCCCCCCC)CCCCCCCCCCCC)C(c1cc3sc(-c4ccc(-c5ccc(C)s5)s4)cc3s1)C2=O. The molecule has 2 nitrogen and oxygen atoms in total. The lowest BCUT2D eigenvalue weighted by molar-refractivity contribution is -0.119. The van der Waals surface area contributed by atoms with E-state index in [1.165, 1.54) is 315 Å². The summed E-state index contributed by atoms with van der Waals surface area (Å²) in [5, 5.41) is 0. The third-order valence-electron chi connectivity index (χ3n) is 20.0. The molecule has 0 aromatic carbocycles. The number of aryl methyl sites for hydroxylation is 2. The van der Waals surface area contributed by atoms with Gasteiger partial charge in [-0.2, -0.15) is 0 Å². The highest BCUT2D eigenvalue weighted by Gasteiger charge is 2.56. The van der Waals surface area contributed by atoms with E-state index in [9.17, 15) is 0 Å². The predicted octanol–water partition coefficient (Wildman–Crippen LogP) is 28.6. The minimum atomic E-state index is -0.257. The van der Waals surface area contributed by atoms with Gasteiger partial charge in [-0.05, 0) is 87.1 Å². The molecule has 0 saturated carbocycles. The van der Waals surface area contributed by atoms with Gasteiger partial charge in [0.1, 0.15) is 0 Å². The number of unbranched alkanes of at least 4 members (excludes halogenated alkanes) is 32. The Morgan fingerprint density at radius 3 is 0.977 bits per heavy atom. The molecule has 0 saturated heterocycles. The Morgan fingerprint density at radius 2 is 0.628 bits per heavy atom. The van der Waals surface area contributed by atoms with Crippen LogP contribution in [0.15, 0.2) is 59.7 Å². The average Bonchev–Trinajstić information content (AvgIpc) is 1.59. The van der Waals surface area contributed by atoms with E-state index in [2.05, 4.69) is 90.1 Å². The van der Waals surface area contributed by atoms with E-state index in [1.54, 1.807) is 0 Å². The van der Waals surface area contributed by atoms with Gasteiger partial charge in [-0.1, -0.05) is 285 Å². The van der Waals surface area contributed by atoms with Crippen molar-refractivity contribution in [1.29, 1.82) is 0 Å². The zero-order chi connectivity index (χ0) is 60.3. The maximum atomic E-state index is 16.4. The number of ketones is 2. The van der Waals surface area contributed by atoms with Crippen LogP contribution in [0.1, 0.15) is 329 Å². The van der Waals surface area contributed by atoms with Crippen molar-refractivity contribution >= 4 is 98.4 Å². The first-order chi connectivity index (χ1) is 42.2. The van der Waals surface area contributed by atoms with Crippen molar-refractivity contribution in [3.63, 3.8) is 0 Å².